The number of aromatic nitrogens is 2. The highest BCUT2D eigenvalue weighted by Gasteiger charge is 2.26. The molecule has 7 heteroatoms. The number of nitrogens with zero attached hydrogens (tertiary/aromatic N) is 4. The number of amides is 1. The summed E-state index contributed by atoms with van der Waals surface area (Å²) < 4.78 is 1.97. The molecule has 2 aromatic rings. The maximum absolute atomic E-state index is 11.8. The van der Waals surface area contributed by atoms with Crippen LogP contribution in [-0.4, -0.2) is 62.0 Å². The SMILES string of the molecule is CC(=O)N(CC(=O)O)C1CCCN(Cc2ccc(-n3ccnc3)cc2)CC1. The van der Waals surface area contributed by atoms with Crippen LogP contribution >= 0.6 is 0 Å². The lowest BCUT2D eigenvalue weighted by atomic mass is 10.1. The Morgan fingerprint density at radius 3 is 2.63 bits per heavy atom. The van der Waals surface area contributed by atoms with Crippen molar-refractivity contribution in [1.82, 2.24) is 19.4 Å². The number of aliphatic carboxylic acids is 1. The van der Waals surface area contributed by atoms with Crippen LogP contribution in [0.4, 0.5) is 0 Å². The highest BCUT2D eigenvalue weighted by Crippen LogP contribution is 2.19. The first-order valence-electron chi connectivity index (χ1n) is 9.31. The molecule has 3 rings (SSSR count). The van der Waals surface area contributed by atoms with Gasteiger partial charge in [-0.15, -0.1) is 0 Å². The van der Waals surface area contributed by atoms with Gasteiger partial charge >= 0.3 is 5.97 Å². The number of carboxylic acid groups (broad SMARTS) is 1. The number of carboxylic acids is 1. The van der Waals surface area contributed by atoms with E-state index in [0.717, 1.165) is 44.6 Å². The predicted octanol–water partition coefficient (Wildman–Crippen LogP) is 2.16. The molecule has 27 heavy (non-hydrogen) atoms. The minimum absolute atomic E-state index is 0.00668. The van der Waals surface area contributed by atoms with Crippen LogP contribution in [0.25, 0.3) is 5.69 Å². The van der Waals surface area contributed by atoms with E-state index in [2.05, 4.69) is 34.1 Å². The number of benzene rings is 1. The number of carbonyl (C=O) groups excluding carboxylic acids is 1. The van der Waals surface area contributed by atoms with E-state index in [9.17, 15) is 9.59 Å². The molecule has 2 heterocycles. The third kappa shape index (κ3) is 5.17. The van der Waals surface area contributed by atoms with Crippen LogP contribution in [0.2, 0.25) is 0 Å². The first-order chi connectivity index (χ1) is 13.0. The summed E-state index contributed by atoms with van der Waals surface area (Å²) in [7, 11) is 0. The van der Waals surface area contributed by atoms with E-state index >= 15 is 0 Å². The summed E-state index contributed by atoms with van der Waals surface area (Å²) >= 11 is 0. The number of hydrogen-bond acceptors (Lipinski definition) is 4. The lowest BCUT2D eigenvalue weighted by Gasteiger charge is -2.29. The van der Waals surface area contributed by atoms with Crippen molar-refractivity contribution in [1.29, 1.82) is 0 Å². The van der Waals surface area contributed by atoms with Crippen LogP contribution in [0.3, 0.4) is 0 Å². The summed E-state index contributed by atoms with van der Waals surface area (Å²) in [6.45, 7) is 3.91. The highest BCUT2D eigenvalue weighted by molar-refractivity contribution is 5.79. The Labute approximate surface area is 159 Å². The predicted molar refractivity (Wildman–Crippen MR) is 102 cm³/mol. The minimum atomic E-state index is -0.954. The molecule has 1 N–H and O–H groups in total. The van der Waals surface area contributed by atoms with Gasteiger partial charge in [-0.05, 0) is 43.5 Å². The Morgan fingerprint density at radius 2 is 2.00 bits per heavy atom. The lowest BCUT2D eigenvalue weighted by molar-refractivity contribution is -0.145. The Bertz CT molecular complexity index is 758. The molecule has 1 amide bonds. The molecular weight excluding hydrogens is 344 g/mol. The van der Waals surface area contributed by atoms with Gasteiger partial charge in [0.25, 0.3) is 0 Å². The molecule has 1 saturated heterocycles. The number of imidazole rings is 1. The van der Waals surface area contributed by atoms with E-state index in [4.69, 9.17) is 5.11 Å². The van der Waals surface area contributed by atoms with Crippen molar-refractivity contribution in [2.45, 2.75) is 38.8 Å². The van der Waals surface area contributed by atoms with E-state index in [1.165, 1.54) is 17.4 Å². The van der Waals surface area contributed by atoms with Crippen LogP contribution in [0.1, 0.15) is 31.7 Å². The monoisotopic (exact) mass is 370 g/mol. The molecular formula is C20H26N4O3. The third-order valence-corrected chi connectivity index (χ3v) is 5.09. The van der Waals surface area contributed by atoms with Crippen molar-refractivity contribution in [3.63, 3.8) is 0 Å². The fourth-order valence-electron chi connectivity index (χ4n) is 3.69. The molecule has 1 atom stereocenters. The number of hydrogen-bond donors (Lipinski definition) is 1. The lowest BCUT2D eigenvalue weighted by Crippen LogP contribution is -2.42. The number of carbonyl (C=O) groups is 2. The average Bonchev–Trinajstić information content (AvgIpc) is 3.08. The van der Waals surface area contributed by atoms with Gasteiger partial charge in [-0.3, -0.25) is 14.5 Å². The number of rotatable bonds is 6. The van der Waals surface area contributed by atoms with Crippen molar-refractivity contribution >= 4 is 11.9 Å². The van der Waals surface area contributed by atoms with Gasteiger partial charge in [0.1, 0.15) is 6.54 Å². The molecule has 0 radical (unpaired) electrons. The fraction of sp³-hybridized carbons (Fsp3) is 0.450. The molecule has 1 fully saturated rings. The third-order valence-electron chi connectivity index (χ3n) is 5.09. The van der Waals surface area contributed by atoms with Gasteiger partial charge in [-0.1, -0.05) is 12.1 Å². The first kappa shape index (κ1) is 19.1. The zero-order valence-corrected chi connectivity index (χ0v) is 15.6. The van der Waals surface area contributed by atoms with Crippen LogP contribution < -0.4 is 0 Å². The highest BCUT2D eigenvalue weighted by atomic mass is 16.4. The van der Waals surface area contributed by atoms with Crippen molar-refractivity contribution in [3.05, 3.63) is 48.5 Å². The molecule has 1 aromatic heterocycles. The second kappa shape index (κ2) is 8.81. The van der Waals surface area contributed by atoms with E-state index in [1.807, 2.05) is 10.8 Å². The Balaban J connectivity index is 1.58. The molecule has 7 nitrogen and oxygen atoms in total. The van der Waals surface area contributed by atoms with Gasteiger partial charge in [0.05, 0.1) is 6.33 Å². The summed E-state index contributed by atoms with van der Waals surface area (Å²) in [5.74, 6) is -1.12. The summed E-state index contributed by atoms with van der Waals surface area (Å²) in [6, 6.07) is 8.44. The quantitative estimate of drug-likeness (QED) is 0.843. The topological polar surface area (TPSA) is 78.7 Å². The van der Waals surface area contributed by atoms with Crippen LogP contribution in [0.5, 0.6) is 0 Å². The average molecular weight is 370 g/mol. The van der Waals surface area contributed by atoms with Gasteiger partial charge in [0, 0.05) is 44.1 Å². The zero-order valence-electron chi connectivity index (χ0n) is 15.6. The molecule has 0 spiro atoms. The van der Waals surface area contributed by atoms with Crippen molar-refractivity contribution in [2.24, 2.45) is 0 Å². The molecule has 0 aliphatic carbocycles. The molecule has 144 valence electrons. The van der Waals surface area contributed by atoms with E-state index < -0.39 is 5.97 Å². The van der Waals surface area contributed by atoms with Crippen LogP contribution in [0, 0.1) is 0 Å². The summed E-state index contributed by atoms with van der Waals surface area (Å²) in [5.41, 5.74) is 2.32. The second-order valence-electron chi connectivity index (χ2n) is 7.04. The summed E-state index contributed by atoms with van der Waals surface area (Å²) in [4.78, 5) is 30.8. The van der Waals surface area contributed by atoms with Crippen molar-refractivity contribution in [3.8, 4) is 5.69 Å². The maximum atomic E-state index is 11.8. The first-order valence-corrected chi connectivity index (χ1v) is 9.31. The van der Waals surface area contributed by atoms with E-state index in [-0.39, 0.29) is 18.5 Å². The maximum Gasteiger partial charge on any atom is 0.323 e. The molecule has 0 saturated carbocycles. The van der Waals surface area contributed by atoms with Gasteiger partial charge in [-0.2, -0.15) is 0 Å². The van der Waals surface area contributed by atoms with Gasteiger partial charge in [-0.25, -0.2) is 4.98 Å². The van der Waals surface area contributed by atoms with Gasteiger partial charge < -0.3 is 14.6 Å². The van der Waals surface area contributed by atoms with Crippen molar-refractivity contribution < 1.29 is 14.7 Å². The Kier molecular flexibility index (Phi) is 6.24. The van der Waals surface area contributed by atoms with Crippen molar-refractivity contribution in [2.75, 3.05) is 19.6 Å². The molecule has 1 aliphatic heterocycles. The molecule has 1 unspecified atom stereocenters. The van der Waals surface area contributed by atoms with Gasteiger partial charge in [0.15, 0.2) is 0 Å². The molecule has 1 aromatic carbocycles. The van der Waals surface area contributed by atoms with E-state index in [0.29, 0.717) is 0 Å². The van der Waals surface area contributed by atoms with E-state index in [1.54, 1.807) is 12.5 Å². The second-order valence-corrected chi connectivity index (χ2v) is 7.04. The summed E-state index contributed by atoms with van der Waals surface area (Å²) in [6.07, 6.45) is 8.07. The largest absolute Gasteiger partial charge is 0.480 e. The minimum Gasteiger partial charge on any atom is -0.480 e. The fourth-order valence-corrected chi connectivity index (χ4v) is 3.69. The summed E-state index contributed by atoms with van der Waals surface area (Å²) in [5, 5.41) is 9.06. The normalized spacial score (nSPS) is 18.0. The Morgan fingerprint density at radius 1 is 1.22 bits per heavy atom. The molecule has 1 aliphatic rings. The standard InChI is InChI=1S/C20H26N4O3/c1-16(25)24(14-20(26)27)19-3-2-10-22(11-8-19)13-17-4-6-18(7-5-17)23-12-9-21-15-23/h4-7,9,12,15,19H,2-3,8,10-11,13-14H2,1H3,(H,26,27). The molecule has 0 bridgehead atoms. The zero-order chi connectivity index (χ0) is 19.2. The smallest absolute Gasteiger partial charge is 0.323 e. The Hall–Kier alpha value is -2.67. The van der Waals surface area contributed by atoms with Crippen LogP contribution in [-0.2, 0) is 16.1 Å². The number of likely N-dealkylation sites (tertiary alicyclic amines) is 1. The van der Waals surface area contributed by atoms with Crippen LogP contribution in [0.15, 0.2) is 43.0 Å². The van der Waals surface area contributed by atoms with Gasteiger partial charge in [0.2, 0.25) is 5.91 Å².